The van der Waals surface area contributed by atoms with Crippen molar-refractivity contribution >= 4 is 37.1 Å². The minimum Gasteiger partial charge on any atom is -0.490 e. The Morgan fingerprint density at radius 2 is 1.67 bits per heavy atom. The Hall–Kier alpha value is -2.63. The van der Waals surface area contributed by atoms with E-state index in [1.54, 1.807) is 31.2 Å². The molecule has 1 heterocycles. The van der Waals surface area contributed by atoms with Gasteiger partial charge >= 0.3 is 0 Å². The van der Waals surface area contributed by atoms with E-state index in [-0.39, 0.29) is 34.6 Å². The van der Waals surface area contributed by atoms with Gasteiger partial charge in [0, 0.05) is 25.0 Å². The highest BCUT2D eigenvalue weighted by atomic mass is 32.2. The molecule has 0 atom stereocenters. The Balaban J connectivity index is 1.65. The fourth-order valence-corrected chi connectivity index (χ4v) is 5.93. The normalized spacial score (nSPS) is 15.1. The first-order valence-electron chi connectivity index (χ1n) is 10.7. The lowest BCUT2D eigenvalue weighted by Crippen LogP contribution is -2.35. The van der Waals surface area contributed by atoms with E-state index in [1.165, 1.54) is 22.5 Å². The van der Waals surface area contributed by atoms with Crippen LogP contribution in [0.5, 0.6) is 5.75 Å². The van der Waals surface area contributed by atoms with Crippen LogP contribution in [0, 0.1) is 0 Å². The average molecular weight is 496 g/mol. The molecule has 0 spiro atoms. The summed E-state index contributed by atoms with van der Waals surface area (Å²) in [6, 6.07) is 10.7. The van der Waals surface area contributed by atoms with Crippen molar-refractivity contribution in [2.75, 3.05) is 43.1 Å². The van der Waals surface area contributed by atoms with E-state index in [9.17, 15) is 21.6 Å². The molecule has 0 saturated carbocycles. The molecule has 2 aromatic carbocycles. The number of piperidine rings is 1. The number of sulfone groups is 1. The first-order valence-corrected chi connectivity index (χ1v) is 14.1. The summed E-state index contributed by atoms with van der Waals surface area (Å²) < 4.78 is 56.5. The molecule has 180 valence electrons. The zero-order valence-electron chi connectivity index (χ0n) is 18.7. The molecule has 33 heavy (non-hydrogen) atoms. The highest BCUT2D eigenvalue weighted by Gasteiger charge is 2.25. The van der Waals surface area contributed by atoms with Crippen molar-refractivity contribution in [3.8, 4) is 5.75 Å². The van der Waals surface area contributed by atoms with Crippen molar-refractivity contribution < 1.29 is 26.4 Å². The number of hydrogen-bond acceptors (Lipinski definition) is 7. The standard InChI is InChI=1S/C22H29N3O6S2/c1-3-31-22-19(8-7-9-20(22)32(2,27)28)23-16-21(26)24-17-10-12-18(13-11-17)33(29,30)25-14-5-4-6-15-25/h7-13,23H,3-6,14-16H2,1-2H3,(H,24,26). The summed E-state index contributed by atoms with van der Waals surface area (Å²) in [4.78, 5) is 12.6. The monoisotopic (exact) mass is 495 g/mol. The van der Waals surface area contributed by atoms with Gasteiger partial charge in [0.1, 0.15) is 4.90 Å². The predicted octanol–water partition coefficient (Wildman–Crippen LogP) is 2.71. The smallest absolute Gasteiger partial charge is 0.243 e. The molecule has 0 aromatic heterocycles. The third kappa shape index (κ3) is 6.24. The summed E-state index contributed by atoms with van der Waals surface area (Å²) in [5.74, 6) is -0.212. The van der Waals surface area contributed by atoms with E-state index >= 15 is 0 Å². The van der Waals surface area contributed by atoms with E-state index in [0.29, 0.717) is 24.5 Å². The number of hydrogen-bond donors (Lipinski definition) is 2. The van der Waals surface area contributed by atoms with E-state index in [2.05, 4.69) is 10.6 Å². The second kappa shape index (κ2) is 10.5. The lowest BCUT2D eigenvalue weighted by Gasteiger charge is -2.25. The second-order valence-corrected chi connectivity index (χ2v) is 11.7. The summed E-state index contributed by atoms with van der Waals surface area (Å²) >= 11 is 0. The number of rotatable bonds is 9. The summed E-state index contributed by atoms with van der Waals surface area (Å²) in [5, 5.41) is 5.60. The van der Waals surface area contributed by atoms with Gasteiger partial charge < -0.3 is 15.4 Å². The zero-order chi connectivity index (χ0) is 24.1. The Morgan fingerprint density at radius 1 is 1.00 bits per heavy atom. The van der Waals surface area contributed by atoms with E-state index in [1.807, 2.05) is 0 Å². The molecule has 3 rings (SSSR count). The lowest BCUT2D eigenvalue weighted by molar-refractivity contribution is -0.114. The molecule has 0 aliphatic carbocycles. The molecule has 1 aliphatic heterocycles. The number of amides is 1. The van der Waals surface area contributed by atoms with Crippen LogP contribution in [0.4, 0.5) is 11.4 Å². The van der Waals surface area contributed by atoms with Crippen LogP contribution in [0.25, 0.3) is 0 Å². The third-order valence-corrected chi connectivity index (χ3v) is 8.23. The first-order chi connectivity index (χ1) is 15.6. The number of ether oxygens (including phenoxy) is 1. The molecule has 2 N–H and O–H groups in total. The number of anilines is 2. The van der Waals surface area contributed by atoms with Gasteiger partial charge in [-0.1, -0.05) is 12.5 Å². The maximum atomic E-state index is 12.7. The number of sulfonamides is 1. The molecule has 1 amide bonds. The molecule has 0 bridgehead atoms. The van der Waals surface area contributed by atoms with Gasteiger partial charge in [-0.25, -0.2) is 16.8 Å². The van der Waals surface area contributed by atoms with Crippen molar-refractivity contribution in [2.45, 2.75) is 36.0 Å². The fourth-order valence-electron chi connectivity index (χ4n) is 3.59. The third-order valence-electron chi connectivity index (χ3n) is 5.20. The number of carbonyl (C=O) groups is 1. The molecule has 11 heteroatoms. The number of para-hydroxylation sites is 1. The van der Waals surface area contributed by atoms with Crippen molar-refractivity contribution in [1.82, 2.24) is 4.31 Å². The van der Waals surface area contributed by atoms with Crippen LogP contribution in [0.2, 0.25) is 0 Å². The van der Waals surface area contributed by atoms with Gasteiger partial charge in [0.2, 0.25) is 15.9 Å². The van der Waals surface area contributed by atoms with Gasteiger partial charge in [-0.3, -0.25) is 4.79 Å². The molecule has 2 aromatic rings. The van der Waals surface area contributed by atoms with Crippen LogP contribution in [0.15, 0.2) is 52.3 Å². The highest BCUT2D eigenvalue weighted by molar-refractivity contribution is 7.90. The largest absolute Gasteiger partial charge is 0.490 e. The molecular weight excluding hydrogens is 466 g/mol. The van der Waals surface area contributed by atoms with Crippen molar-refractivity contribution in [1.29, 1.82) is 0 Å². The van der Waals surface area contributed by atoms with Gasteiger partial charge in [-0.15, -0.1) is 0 Å². The Bertz CT molecular complexity index is 1190. The first kappa shape index (κ1) is 25.0. The van der Waals surface area contributed by atoms with Gasteiger partial charge in [-0.2, -0.15) is 4.31 Å². The van der Waals surface area contributed by atoms with Gasteiger partial charge in [0.25, 0.3) is 0 Å². The summed E-state index contributed by atoms with van der Waals surface area (Å²) in [5.41, 5.74) is 0.840. The van der Waals surface area contributed by atoms with Gasteiger partial charge in [-0.05, 0) is 56.2 Å². The van der Waals surface area contributed by atoms with Crippen LogP contribution in [0.3, 0.4) is 0 Å². The molecule has 0 unspecified atom stereocenters. The van der Waals surface area contributed by atoms with Crippen LogP contribution in [-0.4, -0.2) is 59.5 Å². The molecule has 1 saturated heterocycles. The summed E-state index contributed by atoms with van der Waals surface area (Å²) in [6.45, 7) is 2.92. The van der Waals surface area contributed by atoms with Crippen LogP contribution in [-0.2, 0) is 24.7 Å². The van der Waals surface area contributed by atoms with Crippen molar-refractivity contribution in [2.24, 2.45) is 0 Å². The quantitative estimate of drug-likeness (QED) is 0.548. The van der Waals surface area contributed by atoms with E-state index in [4.69, 9.17) is 4.74 Å². The maximum Gasteiger partial charge on any atom is 0.243 e. The SMILES string of the molecule is CCOc1c(NCC(=O)Nc2ccc(S(=O)(=O)N3CCCCC3)cc2)cccc1S(C)(=O)=O. The fraction of sp³-hybridized carbons (Fsp3) is 0.409. The molecule has 1 aliphatic rings. The predicted molar refractivity (Wildman–Crippen MR) is 127 cm³/mol. The number of nitrogens with one attached hydrogen (secondary N) is 2. The van der Waals surface area contributed by atoms with Crippen LogP contribution in [0.1, 0.15) is 26.2 Å². The second-order valence-electron chi connectivity index (χ2n) is 7.73. The number of nitrogens with zero attached hydrogens (tertiary/aromatic N) is 1. The minimum absolute atomic E-state index is 0.0419. The number of carbonyl (C=O) groups excluding carboxylic acids is 1. The summed E-state index contributed by atoms with van der Waals surface area (Å²) in [7, 11) is -7.04. The van der Waals surface area contributed by atoms with Crippen LogP contribution < -0.4 is 15.4 Å². The molecule has 1 fully saturated rings. The minimum atomic E-state index is -3.53. The Labute approximate surface area is 195 Å². The highest BCUT2D eigenvalue weighted by Crippen LogP contribution is 2.32. The number of benzene rings is 2. The van der Waals surface area contributed by atoms with Crippen LogP contribution >= 0.6 is 0 Å². The van der Waals surface area contributed by atoms with E-state index in [0.717, 1.165) is 25.5 Å². The van der Waals surface area contributed by atoms with Gasteiger partial charge in [0.05, 0.1) is 23.7 Å². The zero-order valence-corrected chi connectivity index (χ0v) is 20.3. The van der Waals surface area contributed by atoms with E-state index < -0.39 is 19.9 Å². The Kier molecular flexibility index (Phi) is 7.98. The Morgan fingerprint density at radius 3 is 2.27 bits per heavy atom. The molecule has 0 radical (unpaired) electrons. The topological polar surface area (TPSA) is 122 Å². The van der Waals surface area contributed by atoms with Crippen molar-refractivity contribution in [3.63, 3.8) is 0 Å². The lowest BCUT2D eigenvalue weighted by atomic mass is 10.2. The molecular formula is C22H29N3O6S2. The molecule has 9 nitrogen and oxygen atoms in total. The van der Waals surface area contributed by atoms with Crippen molar-refractivity contribution in [3.05, 3.63) is 42.5 Å². The van der Waals surface area contributed by atoms with Gasteiger partial charge in [0.15, 0.2) is 15.6 Å². The average Bonchev–Trinajstić information content (AvgIpc) is 2.79. The summed E-state index contributed by atoms with van der Waals surface area (Å²) in [6.07, 6.45) is 3.85. The maximum absolute atomic E-state index is 12.7.